The van der Waals surface area contributed by atoms with Gasteiger partial charge in [0.05, 0.1) is 12.1 Å². The third-order valence-corrected chi connectivity index (χ3v) is 6.19. The number of hydrogen-bond acceptors (Lipinski definition) is 6. The van der Waals surface area contributed by atoms with Gasteiger partial charge in [-0.1, -0.05) is 56.2 Å². The van der Waals surface area contributed by atoms with Crippen LogP contribution in [0.15, 0.2) is 0 Å². The maximum absolute atomic E-state index is 12.5. The van der Waals surface area contributed by atoms with Crippen molar-refractivity contribution in [2.75, 3.05) is 18.1 Å². The van der Waals surface area contributed by atoms with E-state index in [1.165, 1.54) is 0 Å². The Kier molecular flexibility index (Phi) is 9.19. The summed E-state index contributed by atoms with van der Waals surface area (Å²) in [5.74, 6) is 2.10. The van der Waals surface area contributed by atoms with Crippen molar-refractivity contribution in [3.63, 3.8) is 0 Å². The molecule has 1 fully saturated rings. The highest BCUT2D eigenvalue weighted by Gasteiger charge is 2.29. The highest BCUT2D eigenvalue weighted by molar-refractivity contribution is 8.76. The first kappa shape index (κ1) is 21.0. The lowest BCUT2D eigenvalue weighted by molar-refractivity contribution is -0.128. The molecule has 1 rings (SSSR count). The predicted molar refractivity (Wildman–Crippen MR) is 102 cm³/mol. The van der Waals surface area contributed by atoms with Gasteiger partial charge in [-0.15, -0.1) is 0 Å². The minimum atomic E-state index is -0.322. The zero-order valence-corrected chi connectivity index (χ0v) is 16.7. The molecule has 0 saturated carbocycles. The largest absolute Gasteiger partial charge is 0.307 e. The summed E-state index contributed by atoms with van der Waals surface area (Å²) in [5, 5.41) is 6.77. The summed E-state index contributed by atoms with van der Waals surface area (Å²) in [6.07, 6.45) is 2.44. The second-order valence-electron chi connectivity index (χ2n) is 7.49. The molecule has 134 valence electrons. The molecule has 6 heteroatoms. The first-order valence-electron chi connectivity index (χ1n) is 8.52. The van der Waals surface area contributed by atoms with E-state index in [0.717, 1.165) is 30.9 Å². The minimum absolute atomic E-state index is 0.0725. The summed E-state index contributed by atoms with van der Waals surface area (Å²) in [4.78, 5) is 24.9. The fourth-order valence-electron chi connectivity index (χ4n) is 2.49. The third kappa shape index (κ3) is 8.05. The SMILES string of the molecule is CC(C)N[C@H]1CSSCC(C(=O)C(C)(C)C)NCCCCC1=O. The molecule has 4 nitrogen and oxygen atoms in total. The van der Waals surface area contributed by atoms with Crippen LogP contribution in [-0.2, 0) is 9.59 Å². The van der Waals surface area contributed by atoms with Crippen molar-refractivity contribution >= 4 is 33.2 Å². The Labute approximate surface area is 149 Å². The van der Waals surface area contributed by atoms with Gasteiger partial charge in [0.2, 0.25) is 0 Å². The van der Waals surface area contributed by atoms with Crippen LogP contribution in [0.3, 0.4) is 0 Å². The summed E-state index contributed by atoms with van der Waals surface area (Å²) < 4.78 is 0. The monoisotopic (exact) mass is 360 g/mol. The quantitative estimate of drug-likeness (QED) is 0.755. The van der Waals surface area contributed by atoms with E-state index >= 15 is 0 Å². The number of carbonyl (C=O) groups is 2. The molecule has 0 amide bonds. The van der Waals surface area contributed by atoms with E-state index in [4.69, 9.17) is 0 Å². The van der Waals surface area contributed by atoms with Gasteiger partial charge in [-0.25, -0.2) is 0 Å². The number of carbonyl (C=O) groups excluding carboxylic acids is 2. The van der Waals surface area contributed by atoms with Crippen LogP contribution in [0.5, 0.6) is 0 Å². The van der Waals surface area contributed by atoms with E-state index in [1.807, 2.05) is 20.8 Å². The fourth-order valence-corrected chi connectivity index (χ4v) is 4.90. The van der Waals surface area contributed by atoms with Crippen molar-refractivity contribution in [3.05, 3.63) is 0 Å². The van der Waals surface area contributed by atoms with Crippen LogP contribution in [0.25, 0.3) is 0 Å². The van der Waals surface area contributed by atoms with Crippen LogP contribution in [0, 0.1) is 5.41 Å². The Morgan fingerprint density at radius 1 is 1.22 bits per heavy atom. The highest BCUT2D eigenvalue weighted by Crippen LogP contribution is 2.27. The van der Waals surface area contributed by atoms with Gasteiger partial charge in [-0.3, -0.25) is 9.59 Å². The number of hydrogen-bond donors (Lipinski definition) is 2. The molecule has 2 atom stereocenters. The predicted octanol–water partition coefficient (Wildman–Crippen LogP) is 3.06. The van der Waals surface area contributed by atoms with Gasteiger partial charge >= 0.3 is 0 Å². The van der Waals surface area contributed by atoms with Gasteiger partial charge in [-0.2, -0.15) is 0 Å². The van der Waals surface area contributed by atoms with Gasteiger partial charge in [-0.05, 0) is 19.4 Å². The fraction of sp³-hybridized carbons (Fsp3) is 0.882. The maximum atomic E-state index is 12.5. The molecule has 1 heterocycles. The zero-order chi connectivity index (χ0) is 17.5. The number of rotatable bonds is 3. The van der Waals surface area contributed by atoms with Crippen molar-refractivity contribution in [1.82, 2.24) is 10.6 Å². The average Bonchev–Trinajstić information content (AvgIpc) is 2.44. The van der Waals surface area contributed by atoms with Crippen LogP contribution in [-0.4, -0.2) is 47.7 Å². The van der Waals surface area contributed by atoms with Gasteiger partial charge in [0, 0.05) is 29.4 Å². The molecule has 1 saturated heterocycles. The first-order chi connectivity index (χ1) is 10.7. The van der Waals surface area contributed by atoms with Crippen LogP contribution in [0.1, 0.15) is 53.9 Å². The molecular weight excluding hydrogens is 328 g/mol. The number of ketones is 2. The number of Topliss-reactive ketones (excluding diaryl/α,β-unsaturated/α-hetero) is 2. The summed E-state index contributed by atoms with van der Waals surface area (Å²) in [7, 11) is 3.39. The van der Waals surface area contributed by atoms with E-state index < -0.39 is 0 Å². The normalized spacial score (nSPS) is 25.7. The van der Waals surface area contributed by atoms with E-state index in [9.17, 15) is 9.59 Å². The molecule has 1 aliphatic heterocycles. The summed E-state index contributed by atoms with van der Waals surface area (Å²) in [6, 6.07) is 0.134. The summed E-state index contributed by atoms with van der Waals surface area (Å²) >= 11 is 0. The first-order valence-corrected chi connectivity index (χ1v) is 11.0. The average molecular weight is 361 g/mol. The Bertz CT molecular complexity index is 395. The van der Waals surface area contributed by atoms with Crippen molar-refractivity contribution in [2.24, 2.45) is 5.41 Å². The third-order valence-electron chi connectivity index (χ3n) is 3.77. The smallest absolute Gasteiger partial charge is 0.155 e. The van der Waals surface area contributed by atoms with E-state index in [0.29, 0.717) is 18.2 Å². The molecule has 0 aromatic carbocycles. The lowest BCUT2D eigenvalue weighted by Crippen LogP contribution is -2.45. The molecule has 1 unspecified atom stereocenters. The highest BCUT2D eigenvalue weighted by atomic mass is 33.1. The van der Waals surface area contributed by atoms with Gasteiger partial charge in [0.15, 0.2) is 11.6 Å². The lowest BCUT2D eigenvalue weighted by Gasteiger charge is -2.26. The molecule has 2 N–H and O–H groups in total. The molecular formula is C17H32N2O2S2. The molecule has 0 spiro atoms. The summed E-state index contributed by atoms with van der Waals surface area (Å²) in [5.41, 5.74) is -0.322. The Morgan fingerprint density at radius 3 is 2.48 bits per heavy atom. The second kappa shape index (κ2) is 10.1. The molecule has 0 aliphatic carbocycles. The molecule has 0 radical (unpaired) electrons. The van der Waals surface area contributed by atoms with Gasteiger partial charge in [0.1, 0.15) is 0 Å². The molecule has 1 aliphatic rings. The molecule has 0 aromatic heterocycles. The van der Waals surface area contributed by atoms with Crippen molar-refractivity contribution in [2.45, 2.75) is 72.0 Å². The lowest BCUT2D eigenvalue weighted by atomic mass is 9.87. The Morgan fingerprint density at radius 2 is 1.87 bits per heavy atom. The van der Waals surface area contributed by atoms with Crippen molar-refractivity contribution < 1.29 is 9.59 Å². The molecule has 23 heavy (non-hydrogen) atoms. The Hall–Kier alpha value is -0.0400. The number of nitrogens with one attached hydrogen (secondary N) is 2. The topological polar surface area (TPSA) is 58.2 Å². The van der Waals surface area contributed by atoms with Crippen LogP contribution >= 0.6 is 21.6 Å². The van der Waals surface area contributed by atoms with Crippen LogP contribution in [0.4, 0.5) is 0 Å². The van der Waals surface area contributed by atoms with Crippen LogP contribution in [0.2, 0.25) is 0 Å². The zero-order valence-electron chi connectivity index (χ0n) is 15.1. The minimum Gasteiger partial charge on any atom is -0.307 e. The summed E-state index contributed by atoms with van der Waals surface area (Å²) in [6.45, 7) is 10.9. The van der Waals surface area contributed by atoms with E-state index in [2.05, 4.69) is 24.5 Å². The van der Waals surface area contributed by atoms with Crippen LogP contribution < -0.4 is 10.6 Å². The van der Waals surface area contributed by atoms with E-state index in [1.54, 1.807) is 21.6 Å². The molecule has 0 aromatic rings. The van der Waals surface area contributed by atoms with Crippen molar-refractivity contribution in [1.29, 1.82) is 0 Å². The second-order valence-corrected chi connectivity index (χ2v) is 10.0. The standard InChI is InChI=1S/C17H32N2O2S2/c1-12(2)19-13-10-22-23-11-14(16(21)17(3,4)5)18-9-7-6-8-15(13)20/h12-14,18-19H,6-11H2,1-5H3/t13-,14?/m0/s1. The van der Waals surface area contributed by atoms with Gasteiger partial charge < -0.3 is 10.6 Å². The maximum Gasteiger partial charge on any atom is 0.155 e. The van der Waals surface area contributed by atoms with Gasteiger partial charge in [0.25, 0.3) is 0 Å². The molecule has 0 bridgehead atoms. The van der Waals surface area contributed by atoms with Crippen molar-refractivity contribution in [3.8, 4) is 0 Å². The van der Waals surface area contributed by atoms with E-state index in [-0.39, 0.29) is 23.3 Å². The Balaban J connectivity index is 2.65.